The minimum atomic E-state index is 0.175. The van der Waals surface area contributed by atoms with Crippen LogP contribution in [0.15, 0.2) is 109 Å². The van der Waals surface area contributed by atoms with Crippen LogP contribution in [-0.4, -0.2) is 64.0 Å². The number of unbranched alkanes of at least 4 members (excludes halogenated alkanes) is 8. The third kappa shape index (κ3) is 13.5. The molecule has 4 rings (SSSR count). The summed E-state index contributed by atoms with van der Waals surface area (Å²) in [6.45, 7) is 6.76. The van der Waals surface area contributed by atoms with Crippen LogP contribution >= 0.6 is 0 Å². The van der Waals surface area contributed by atoms with Gasteiger partial charge in [0.05, 0.1) is 19.7 Å². The molecule has 0 aliphatic rings. The van der Waals surface area contributed by atoms with E-state index in [0.29, 0.717) is 11.5 Å². The molecule has 1 atom stereocenters. The van der Waals surface area contributed by atoms with Crippen LogP contribution < -0.4 is 0 Å². The average Bonchev–Trinajstić information content (AvgIpc) is 3.10. The number of hydrogen-bond donors (Lipinski definition) is 3. The van der Waals surface area contributed by atoms with E-state index in [4.69, 9.17) is 0 Å². The van der Waals surface area contributed by atoms with E-state index in [1.165, 1.54) is 62.5 Å². The van der Waals surface area contributed by atoms with E-state index in [1.54, 1.807) is 12.1 Å². The van der Waals surface area contributed by atoms with Crippen molar-refractivity contribution in [3.05, 3.63) is 131 Å². The molecule has 5 nitrogen and oxygen atoms in total. The second kappa shape index (κ2) is 21.4. The smallest absolute Gasteiger partial charge is 0.118 e. The molecule has 0 aliphatic carbocycles. The zero-order valence-electron chi connectivity index (χ0n) is 29.1. The fourth-order valence-corrected chi connectivity index (χ4v) is 6.97. The summed E-state index contributed by atoms with van der Waals surface area (Å²) in [5, 5.41) is 30.7. The van der Waals surface area contributed by atoms with Gasteiger partial charge in [-0.05, 0) is 61.1 Å². The predicted molar refractivity (Wildman–Crippen MR) is 199 cm³/mol. The molecule has 0 radical (unpaired) electrons. The summed E-state index contributed by atoms with van der Waals surface area (Å²) in [7, 11) is 0. The first-order valence-electron chi connectivity index (χ1n) is 18.4. The maximum Gasteiger partial charge on any atom is 0.118 e. The highest BCUT2D eigenvalue weighted by Crippen LogP contribution is 2.23. The summed E-state index contributed by atoms with van der Waals surface area (Å²) < 4.78 is 0.850. The minimum absolute atomic E-state index is 0.175. The monoisotopic (exact) mass is 651 g/mol. The highest BCUT2D eigenvalue weighted by Gasteiger charge is 2.27. The number of phenols is 2. The van der Waals surface area contributed by atoms with Gasteiger partial charge in [0.2, 0.25) is 0 Å². The number of benzene rings is 4. The van der Waals surface area contributed by atoms with Crippen LogP contribution in [0.1, 0.15) is 80.0 Å². The first-order chi connectivity index (χ1) is 23.6. The first kappa shape index (κ1) is 37.2. The van der Waals surface area contributed by atoms with E-state index in [1.807, 2.05) is 36.4 Å². The Labute approximate surface area is 290 Å². The molecule has 5 heteroatoms. The summed E-state index contributed by atoms with van der Waals surface area (Å²) in [6, 6.07) is 36.8. The van der Waals surface area contributed by atoms with Crippen molar-refractivity contribution in [3.8, 4) is 11.5 Å². The zero-order chi connectivity index (χ0) is 33.7. The van der Waals surface area contributed by atoms with Gasteiger partial charge in [-0.15, -0.1) is 0 Å². The van der Waals surface area contributed by atoms with Crippen LogP contribution in [0.3, 0.4) is 0 Å². The first-order valence-corrected chi connectivity index (χ1v) is 18.4. The summed E-state index contributed by atoms with van der Waals surface area (Å²) >= 11 is 0. The fraction of sp³-hybridized carbons (Fsp3) is 0.442. The molecule has 0 bridgehead atoms. The van der Waals surface area contributed by atoms with Gasteiger partial charge in [-0.3, -0.25) is 4.90 Å². The molecule has 4 aromatic rings. The molecule has 0 saturated heterocycles. The average molecular weight is 652 g/mol. The van der Waals surface area contributed by atoms with E-state index in [2.05, 4.69) is 65.6 Å². The standard InChI is InChI=1S/C43H58N2O3/c46-35-34-45(37-39-22-12-9-13-23-39,33-29-41-25-15-17-27-43(41)48)32-19-7-5-3-1-2-4-6-18-30-44(36-38-20-10-8-11-21-38)31-28-40-24-14-16-26-42(40)47/h8-17,20-27,46H,1-7,18-19,28-37H2,(H-,47,48)/p+1. The molecular weight excluding hydrogens is 592 g/mol. The lowest BCUT2D eigenvalue weighted by Crippen LogP contribution is -2.51. The fourth-order valence-electron chi connectivity index (χ4n) is 6.97. The molecule has 1 unspecified atom stereocenters. The lowest BCUT2D eigenvalue weighted by Gasteiger charge is -2.39. The summed E-state index contributed by atoms with van der Waals surface area (Å²) in [6.07, 6.45) is 13.0. The summed E-state index contributed by atoms with van der Waals surface area (Å²) in [4.78, 5) is 2.54. The quantitative estimate of drug-likeness (QED) is 0.0523. The van der Waals surface area contributed by atoms with Crippen LogP contribution in [-0.2, 0) is 25.9 Å². The largest absolute Gasteiger partial charge is 0.508 e. The Balaban J connectivity index is 1.14. The molecular formula is C43H59N2O3+. The second-order valence-corrected chi connectivity index (χ2v) is 13.6. The van der Waals surface area contributed by atoms with Gasteiger partial charge in [-0.25, -0.2) is 0 Å². The van der Waals surface area contributed by atoms with Gasteiger partial charge in [0.1, 0.15) is 24.6 Å². The molecule has 0 aliphatic heterocycles. The van der Waals surface area contributed by atoms with Crippen LogP contribution in [0.25, 0.3) is 0 Å². The van der Waals surface area contributed by atoms with Gasteiger partial charge in [0.25, 0.3) is 0 Å². The van der Waals surface area contributed by atoms with Crippen LogP contribution in [0, 0.1) is 0 Å². The van der Waals surface area contributed by atoms with Crippen molar-refractivity contribution in [1.29, 1.82) is 0 Å². The molecule has 0 heterocycles. The molecule has 0 fully saturated rings. The van der Waals surface area contributed by atoms with Crippen molar-refractivity contribution in [1.82, 2.24) is 4.90 Å². The number of aliphatic hydroxyl groups excluding tert-OH is 1. The topological polar surface area (TPSA) is 63.9 Å². The van der Waals surface area contributed by atoms with Crippen LogP contribution in [0.2, 0.25) is 0 Å². The normalized spacial score (nSPS) is 12.7. The molecule has 258 valence electrons. The predicted octanol–water partition coefficient (Wildman–Crippen LogP) is 8.91. The Kier molecular flexibility index (Phi) is 16.5. The number of aliphatic hydroxyl groups is 1. The lowest BCUT2D eigenvalue weighted by molar-refractivity contribution is -0.941. The van der Waals surface area contributed by atoms with Crippen molar-refractivity contribution in [2.75, 3.05) is 39.3 Å². The Morgan fingerprint density at radius 3 is 1.54 bits per heavy atom. The molecule has 0 aromatic heterocycles. The van der Waals surface area contributed by atoms with Crippen molar-refractivity contribution >= 4 is 0 Å². The number of aromatic hydroxyl groups is 2. The van der Waals surface area contributed by atoms with E-state index >= 15 is 0 Å². The number of para-hydroxylation sites is 2. The van der Waals surface area contributed by atoms with Gasteiger partial charge < -0.3 is 19.8 Å². The second-order valence-electron chi connectivity index (χ2n) is 13.6. The minimum Gasteiger partial charge on any atom is -0.508 e. The number of hydrogen-bond acceptors (Lipinski definition) is 4. The van der Waals surface area contributed by atoms with E-state index in [0.717, 1.165) is 80.7 Å². The van der Waals surface area contributed by atoms with Crippen LogP contribution in [0.4, 0.5) is 0 Å². The van der Waals surface area contributed by atoms with Gasteiger partial charge >= 0.3 is 0 Å². The SMILES string of the molecule is OCC[N+](CCCCCCCCCCCN(CCc1ccccc1O)Cc1ccccc1)(CCc1ccccc1O)Cc1ccccc1. The number of phenolic OH excluding ortho intramolecular Hbond substituents is 2. The molecule has 0 saturated carbocycles. The summed E-state index contributed by atoms with van der Waals surface area (Å²) in [5.74, 6) is 0.769. The Morgan fingerprint density at radius 2 is 0.958 bits per heavy atom. The number of rotatable bonds is 24. The van der Waals surface area contributed by atoms with Crippen LogP contribution in [0.5, 0.6) is 11.5 Å². The van der Waals surface area contributed by atoms with E-state index in [-0.39, 0.29) is 6.61 Å². The lowest BCUT2D eigenvalue weighted by atomic mass is 10.0. The number of quaternary nitrogens is 1. The third-order valence-corrected chi connectivity index (χ3v) is 9.83. The Hall–Kier alpha value is -3.64. The van der Waals surface area contributed by atoms with E-state index < -0.39 is 0 Å². The zero-order valence-corrected chi connectivity index (χ0v) is 29.1. The Morgan fingerprint density at radius 1 is 0.458 bits per heavy atom. The molecule has 0 spiro atoms. The van der Waals surface area contributed by atoms with Gasteiger partial charge in [-0.1, -0.05) is 136 Å². The number of nitrogens with zero attached hydrogens (tertiary/aromatic N) is 2. The highest BCUT2D eigenvalue weighted by molar-refractivity contribution is 5.32. The molecule has 3 N–H and O–H groups in total. The van der Waals surface area contributed by atoms with Crippen molar-refractivity contribution in [2.24, 2.45) is 0 Å². The third-order valence-electron chi connectivity index (χ3n) is 9.83. The molecule has 48 heavy (non-hydrogen) atoms. The highest BCUT2D eigenvalue weighted by atomic mass is 16.3. The van der Waals surface area contributed by atoms with Gasteiger partial charge in [0, 0.05) is 25.1 Å². The maximum atomic E-state index is 10.4. The van der Waals surface area contributed by atoms with Gasteiger partial charge in [0.15, 0.2) is 0 Å². The summed E-state index contributed by atoms with van der Waals surface area (Å²) in [5.41, 5.74) is 4.67. The van der Waals surface area contributed by atoms with Gasteiger partial charge in [-0.2, -0.15) is 0 Å². The van der Waals surface area contributed by atoms with Crippen molar-refractivity contribution < 1.29 is 19.8 Å². The Bertz CT molecular complexity index is 1410. The van der Waals surface area contributed by atoms with E-state index in [9.17, 15) is 15.3 Å². The van der Waals surface area contributed by atoms with Crippen molar-refractivity contribution in [3.63, 3.8) is 0 Å². The maximum absolute atomic E-state index is 10.4. The van der Waals surface area contributed by atoms with Crippen molar-refractivity contribution in [2.45, 2.75) is 83.7 Å². The molecule has 0 amide bonds. The molecule has 4 aromatic carbocycles.